The van der Waals surface area contributed by atoms with Gasteiger partial charge in [0.05, 0.1) is 9.79 Å². The molecule has 0 bridgehead atoms. The molecule has 2 aromatic carbocycles. The standard InChI is InChI=1S/C22H24N2O6S/c25-21(19-9-3-11-29-19)23-15-5-1-7-17(13-15)31(27,28)18-8-2-6-16(14-18)24-22(26)20-10-4-12-30-20/h1-2,5-8,13-14,19-20H,3-4,9-12H2,(H,23,25)(H,24,26)/t19-,20-/m1/s1. The molecule has 2 fully saturated rings. The highest BCUT2D eigenvalue weighted by Gasteiger charge is 2.26. The van der Waals surface area contributed by atoms with E-state index >= 15 is 0 Å². The van der Waals surface area contributed by atoms with E-state index in [1.54, 1.807) is 24.3 Å². The van der Waals surface area contributed by atoms with Crippen LogP contribution in [0.25, 0.3) is 0 Å². The van der Waals surface area contributed by atoms with E-state index in [0.717, 1.165) is 12.8 Å². The minimum Gasteiger partial charge on any atom is -0.368 e. The Morgan fingerprint density at radius 1 is 0.774 bits per heavy atom. The van der Waals surface area contributed by atoms with E-state index in [-0.39, 0.29) is 21.6 Å². The van der Waals surface area contributed by atoms with E-state index in [2.05, 4.69) is 10.6 Å². The van der Waals surface area contributed by atoms with Crippen molar-refractivity contribution in [3.05, 3.63) is 48.5 Å². The second-order valence-corrected chi connectivity index (χ2v) is 9.49. The fourth-order valence-corrected chi connectivity index (χ4v) is 4.98. The molecule has 31 heavy (non-hydrogen) atoms. The molecule has 2 saturated heterocycles. The SMILES string of the molecule is O=C(Nc1cccc(S(=O)(=O)c2cccc(NC(=O)[C@H]3CCCO3)c2)c1)[C@H]1CCCO1. The highest BCUT2D eigenvalue weighted by Crippen LogP contribution is 2.26. The molecule has 2 aliphatic heterocycles. The highest BCUT2D eigenvalue weighted by atomic mass is 32.2. The maximum Gasteiger partial charge on any atom is 0.253 e. The number of sulfone groups is 1. The van der Waals surface area contributed by atoms with Crippen molar-refractivity contribution in [3.8, 4) is 0 Å². The minimum absolute atomic E-state index is 0.0419. The van der Waals surface area contributed by atoms with Crippen molar-refractivity contribution in [3.63, 3.8) is 0 Å². The zero-order valence-electron chi connectivity index (χ0n) is 16.9. The Morgan fingerprint density at radius 3 is 1.61 bits per heavy atom. The van der Waals surface area contributed by atoms with Gasteiger partial charge in [0.25, 0.3) is 11.8 Å². The highest BCUT2D eigenvalue weighted by molar-refractivity contribution is 7.91. The molecule has 0 spiro atoms. The van der Waals surface area contributed by atoms with Gasteiger partial charge in [-0.1, -0.05) is 12.1 Å². The van der Waals surface area contributed by atoms with Gasteiger partial charge in [-0.25, -0.2) is 8.42 Å². The zero-order chi connectivity index (χ0) is 21.8. The topological polar surface area (TPSA) is 111 Å². The van der Waals surface area contributed by atoms with Crippen LogP contribution in [-0.4, -0.2) is 45.7 Å². The van der Waals surface area contributed by atoms with Crippen molar-refractivity contribution < 1.29 is 27.5 Å². The van der Waals surface area contributed by atoms with Crippen LogP contribution in [0.15, 0.2) is 58.3 Å². The Balaban J connectivity index is 1.51. The predicted molar refractivity (Wildman–Crippen MR) is 114 cm³/mol. The first-order valence-electron chi connectivity index (χ1n) is 10.2. The lowest BCUT2D eigenvalue weighted by molar-refractivity contribution is -0.125. The molecule has 2 atom stereocenters. The molecule has 2 aliphatic rings. The Hall–Kier alpha value is -2.75. The molecular formula is C22H24N2O6S. The van der Waals surface area contributed by atoms with Crippen LogP contribution in [0.4, 0.5) is 11.4 Å². The molecule has 2 N–H and O–H groups in total. The van der Waals surface area contributed by atoms with Crippen molar-refractivity contribution in [1.29, 1.82) is 0 Å². The molecular weight excluding hydrogens is 420 g/mol. The number of carbonyl (C=O) groups is 2. The molecule has 9 heteroatoms. The van der Waals surface area contributed by atoms with Gasteiger partial charge in [-0.05, 0) is 62.1 Å². The number of hydrogen-bond donors (Lipinski definition) is 2. The van der Waals surface area contributed by atoms with Crippen molar-refractivity contribution in [2.75, 3.05) is 23.8 Å². The molecule has 2 heterocycles. The van der Waals surface area contributed by atoms with E-state index in [1.807, 2.05) is 0 Å². The summed E-state index contributed by atoms with van der Waals surface area (Å²) in [6.07, 6.45) is 1.93. The third kappa shape index (κ3) is 4.95. The molecule has 0 aliphatic carbocycles. The van der Waals surface area contributed by atoms with Gasteiger partial charge in [-0.15, -0.1) is 0 Å². The summed E-state index contributed by atoms with van der Waals surface area (Å²) in [7, 11) is -3.86. The molecule has 164 valence electrons. The van der Waals surface area contributed by atoms with Gasteiger partial charge in [0.2, 0.25) is 9.84 Å². The third-order valence-electron chi connectivity index (χ3n) is 5.27. The van der Waals surface area contributed by atoms with E-state index in [1.165, 1.54) is 24.3 Å². The first-order chi connectivity index (χ1) is 14.9. The van der Waals surface area contributed by atoms with Crippen LogP contribution in [0.2, 0.25) is 0 Å². The number of carbonyl (C=O) groups excluding carboxylic acids is 2. The van der Waals surface area contributed by atoms with Crippen LogP contribution >= 0.6 is 0 Å². The van der Waals surface area contributed by atoms with Gasteiger partial charge in [-0.2, -0.15) is 0 Å². The maximum atomic E-state index is 13.1. The molecule has 8 nitrogen and oxygen atoms in total. The molecule has 0 unspecified atom stereocenters. The number of hydrogen-bond acceptors (Lipinski definition) is 6. The summed E-state index contributed by atoms with van der Waals surface area (Å²) in [5.41, 5.74) is 0.758. The van der Waals surface area contributed by atoms with Crippen molar-refractivity contribution >= 4 is 33.0 Å². The number of rotatable bonds is 6. The van der Waals surface area contributed by atoms with Crippen LogP contribution in [0.1, 0.15) is 25.7 Å². The quantitative estimate of drug-likeness (QED) is 0.709. The monoisotopic (exact) mass is 444 g/mol. The Bertz CT molecular complexity index is 993. The molecule has 0 radical (unpaired) electrons. The molecule has 0 saturated carbocycles. The summed E-state index contributed by atoms with van der Waals surface area (Å²) in [4.78, 5) is 24.6. The number of amides is 2. The first kappa shape index (κ1) is 21.5. The van der Waals surface area contributed by atoms with Crippen LogP contribution in [0.3, 0.4) is 0 Å². The average Bonchev–Trinajstić information content (AvgIpc) is 3.48. The lowest BCUT2D eigenvalue weighted by Gasteiger charge is -2.13. The average molecular weight is 445 g/mol. The second kappa shape index (κ2) is 9.17. The fraction of sp³-hybridized carbons (Fsp3) is 0.364. The summed E-state index contributed by atoms with van der Waals surface area (Å²) >= 11 is 0. The number of ether oxygens (including phenoxy) is 2. The summed E-state index contributed by atoms with van der Waals surface area (Å²) in [6.45, 7) is 1.10. The predicted octanol–water partition coefficient (Wildman–Crippen LogP) is 2.75. The van der Waals surface area contributed by atoms with Crippen LogP contribution in [0, 0.1) is 0 Å². The van der Waals surface area contributed by atoms with Crippen LogP contribution in [0.5, 0.6) is 0 Å². The summed E-state index contributed by atoms with van der Waals surface area (Å²) in [6, 6.07) is 12.2. The number of anilines is 2. The van der Waals surface area contributed by atoms with Crippen LogP contribution in [-0.2, 0) is 28.9 Å². The maximum absolute atomic E-state index is 13.1. The van der Waals surface area contributed by atoms with Gasteiger partial charge in [0, 0.05) is 24.6 Å². The minimum atomic E-state index is -3.86. The van der Waals surface area contributed by atoms with E-state index < -0.39 is 22.0 Å². The second-order valence-electron chi connectivity index (χ2n) is 7.54. The number of benzene rings is 2. The summed E-state index contributed by atoms with van der Waals surface area (Å²) in [5.74, 6) is -0.572. The normalized spacial score (nSPS) is 21.0. The van der Waals surface area contributed by atoms with Crippen molar-refractivity contribution in [1.82, 2.24) is 0 Å². The largest absolute Gasteiger partial charge is 0.368 e. The van der Waals surface area contributed by atoms with Gasteiger partial charge >= 0.3 is 0 Å². The Labute approximate surface area is 180 Å². The summed E-state index contributed by atoms with van der Waals surface area (Å²) in [5, 5.41) is 5.43. The molecule has 4 rings (SSSR count). The number of nitrogens with one attached hydrogen (secondary N) is 2. The van der Waals surface area contributed by atoms with Gasteiger partial charge in [-0.3, -0.25) is 9.59 Å². The lowest BCUT2D eigenvalue weighted by atomic mass is 10.2. The third-order valence-corrected chi connectivity index (χ3v) is 7.02. The fourth-order valence-electron chi connectivity index (χ4n) is 3.63. The zero-order valence-corrected chi connectivity index (χ0v) is 17.7. The summed E-state index contributed by atoms with van der Waals surface area (Å²) < 4.78 is 37.0. The van der Waals surface area contributed by atoms with Crippen molar-refractivity contribution in [2.24, 2.45) is 0 Å². The molecule has 2 amide bonds. The Kier molecular flexibility index (Phi) is 6.35. The first-order valence-corrected chi connectivity index (χ1v) is 11.7. The van der Waals surface area contributed by atoms with E-state index in [9.17, 15) is 18.0 Å². The van der Waals surface area contributed by atoms with Crippen molar-refractivity contribution in [2.45, 2.75) is 47.7 Å². The van der Waals surface area contributed by atoms with Gasteiger partial charge in [0.1, 0.15) is 12.2 Å². The van der Waals surface area contributed by atoms with Gasteiger partial charge < -0.3 is 20.1 Å². The van der Waals surface area contributed by atoms with E-state index in [0.29, 0.717) is 37.4 Å². The smallest absolute Gasteiger partial charge is 0.253 e. The Morgan fingerprint density at radius 2 is 1.23 bits per heavy atom. The van der Waals surface area contributed by atoms with E-state index in [4.69, 9.17) is 9.47 Å². The lowest BCUT2D eigenvalue weighted by Crippen LogP contribution is -2.27. The molecule has 0 aromatic heterocycles. The van der Waals surface area contributed by atoms with Gasteiger partial charge in [0.15, 0.2) is 0 Å². The molecule has 2 aromatic rings. The van der Waals surface area contributed by atoms with Crippen LogP contribution < -0.4 is 10.6 Å².